The predicted octanol–water partition coefficient (Wildman–Crippen LogP) is 3.19. The number of carbonyl (C=O) groups excluding carboxylic acids is 1. The van der Waals surface area contributed by atoms with Crippen molar-refractivity contribution in [1.29, 1.82) is 0 Å². The molecule has 0 atom stereocenters. The zero-order chi connectivity index (χ0) is 12.2. The molecule has 1 N–H and O–H groups in total. The molecule has 88 valence electrons. The zero-order valence-electron chi connectivity index (χ0n) is 8.47. The third kappa shape index (κ3) is 3.83. The van der Waals surface area contributed by atoms with Gasteiger partial charge < -0.3 is 0 Å². The van der Waals surface area contributed by atoms with Crippen LogP contribution in [0, 0.1) is 0 Å². The van der Waals surface area contributed by atoms with Crippen molar-refractivity contribution in [3.05, 3.63) is 35.4 Å². The van der Waals surface area contributed by atoms with Crippen molar-refractivity contribution < 1.29 is 9.63 Å². The molecule has 0 heterocycles. The fourth-order valence-corrected chi connectivity index (χ4v) is 1.39. The van der Waals surface area contributed by atoms with Crippen molar-refractivity contribution in [2.45, 2.75) is 10.7 Å². The van der Waals surface area contributed by atoms with Crippen LogP contribution in [0.1, 0.15) is 22.8 Å². The smallest absolute Gasteiger partial charge is 0.274 e. The second kappa shape index (κ2) is 5.73. The summed E-state index contributed by atoms with van der Waals surface area (Å²) in [5.41, 5.74) is 3.21. The standard InChI is InChI=1S/C10H10Cl3NO2/c1-2-16-14-9(15)7-3-5-8(6-4-7)10(11,12)13/h3-6H,2H2,1H3,(H,14,15). The van der Waals surface area contributed by atoms with Crippen molar-refractivity contribution in [3.63, 3.8) is 0 Å². The van der Waals surface area contributed by atoms with Crippen LogP contribution in [0.15, 0.2) is 24.3 Å². The van der Waals surface area contributed by atoms with Gasteiger partial charge in [0.15, 0.2) is 0 Å². The summed E-state index contributed by atoms with van der Waals surface area (Å²) in [7, 11) is 0. The van der Waals surface area contributed by atoms with E-state index in [1.165, 1.54) is 0 Å². The highest BCUT2D eigenvalue weighted by Crippen LogP contribution is 2.37. The van der Waals surface area contributed by atoms with Gasteiger partial charge in [-0.2, -0.15) is 0 Å². The lowest BCUT2D eigenvalue weighted by atomic mass is 10.1. The molecule has 3 nitrogen and oxygen atoms in total. The summed E-state index contributed by atoms with van der Waals surface area (Å²) in [6.07, 6.45) is 0. The maximum atomic E-state index is 11.4. The van der Waals surface area contributed by atoms with E-state index < -0.39 is 3.79 Å². The predicted molar refractivity (Wildman–Crippen MR) is 64.8 cm³/mol. The first-order chi connectivity index (χ1) is 7.45. The number of hydrogen-bond acceptors (Lipinski definition) is 2. The maximum Gasteiger partial charge on any atom is 0.274 e. The van der Waals surface area contributed by atoms with Crippen LogP contribution in [0.3, 0.4) is 0 Å². The number of alkyl halides is 3. The molecule has 0 saturated carbocycles. The second-order valence-electron chi connectivity index (χ2n) is 2.94. The van der Waals surface area contributed by atoms with Gasteiger partial charge in [-0.15, -0.1) is 0 Å². The molecule has 1 rings (SSSR count). The van der Waals surface area contributed by atoms with Gasteiger partial charge in [0.05, 0.1) is 6.61 Å². The lowest BCUT2D eigenvalue weighted by Crippen LogP contribution is -2.23. The minimum absolute atomic E-state index is 0.335. The van der Waals surface area contributed by atoms with Crippen LogP contribution in [0.5, 0.6) is 0 Å². The molecule has 0 aliphatic carbocycles. The van der Waals surface area contributed by atoms with E-state index in [-0.39, 0.29) is 5.91 Å². The first kappa shape index (κ1) is 13.6. The first-order valence-corrected chi connectivity index (χ1v) is 5.68. The molecule has 0 spiro atoms. The van der Waals surface area contributed by atoms with Crippen molar-refractivity contribution >= 4 is 40.7 Å². The van der Waals surface area contributed by atoms with E-state index in [1.807, 2.05) is 0 Å². The summed E-state index contributed by atoms with van der Waals surface area (Å²) in [5, 5.41) is 0. The van der Waals surface area contributed by atoms with Crippen molar-refractivity contribution in [3.8, 4) is 0 Å². The van der Waals surface area contributed by atoms with E-state index in [0.717, 1.165) is 0 Å². The second-order valence-corrected chi connectivity index (χ2v) is 5.22. The molecule has 6 heteroatoms. The lowest BCUT2D eigenvalue weighted by Gasteiger charge is -2.11. The summed E-state index contributed by atoms with van der Waals surface area (Å²) < 4.78 is -1.48. The van der Waals surface area contributed by atoms with Crippen LogP contribution >= 0.6 is 34.8 Å². The van der Waals surface area contributed by atoms with Gasteiger partial charge in [-0.3, -0.25) is 9.63 Å². The molecule has 1 aromatic carbocycles. The number of rotatable bonds is 3. The van der Waals surface area contributed by atoms with Gasteiger partial charge in [0.2, 0.25) is 3.79 Å². The van der Waals surface area contributed by atoms with Crippen LogP contribution in [0.25, 0.3) is 0 Å². The number of nitrogens with one attached hydrogen (secondary N) is 1. The Hall–Kier alpha value is -0.480. The van der Waals surface area contributed by atoms with Gasteiger partial charge in [0, 0.05) is 11.1 Å². The van der Waals surface area contributed by atoms with E-state index in [0.29, 0.717) is 17.7 Å². The number of carbonyl (C=O) groups is 1. The van der Waals surface area contributed by atoms with Crippen molar-refractivity contribution in [2.75, 3.05) is 6.61 Å². The van der Waals surface area contributed by atoms with E-state index in [1.54, 1.807) is 31.2 Å². The molecule has 16 heavy (non-hydrogen) atoms. The Morgan fingerprint density at radius 2 is 1.88 bits per heavy atom. The largest absolute Gasteiger partial charge is 0.274 e. The molecular weight excluding hydrogens is 272 g/mol. The van der Waals surface area contributed by atoms with Crippen LogP contribution in [0.4, 0.5) is 0 Å². The number of hydrogen-bond donors (Lipinski definition) is 1. The van der Waals surface area contributed by atoms with Gasteiger partial charge in [-0.25, -0.2) is 5.48 Å². The third-order valence-electron chi connectivity index (χ3n) is 1.78. The lowest BCUT2D eigenvalue weighted by molar-refractivity contribution is 0.0364. The van der Waals surface area contributed by atoms with Gasteiger partial charge in [0.1, 0.15) is 0 Å². The molecule has 1 aromatic rings. The van der Waals surface area contributed by atoms with Gasteiger partial charge in [-0.05, 0) is 19.1 Å². The summed E-state index contributed by atoms with van der Waals surface area (Å²) in [5.74, 6) is -0.335. The van der Waals surface area contributed by atoms with Crippen LogP contribution in [0.2, 0.25) is 0 Å². The Morgan fingerprint density at radius 1 is 1.31 bits per heavy atom. The highest BCUT2D eigenvalue weighted by Gasteiger charge is 2.22. The molecule has 0 saturated heterocycles. The van der Waals surface area contributed by atoms with Crippen LogP contribution < -0.4 is 5.48 Å². The number of amides is 1. The van der Waals surface area contributed by atoms with E-state index in [9.17, 15) is 4.79 Å². The van der Waals surface area contributed by atoms with Crippen LogP contribution in [-0.2, 0) is 8.63 Å². The third-order valence-corrected chi connectivity index (χ3v) is 2.44. The Bertz CT molecular complexity index is 359. The number of halogens is 3. The molecule has 0 aliphatic heterocycles. The van der Waals surface area contributed by atoms with Crippen molar-refractivity contribution in [1.82, 2.24) is 5.48 Å². The summed E-state index contributed by atoms with van der Waals surface area (Å²) >= 11 is 17.0. The van der Waals surface area contributed by atoms with E-state index in [4.69, 9.17) is 39.6 Å². The summed E-state index contributed by atoms with van der Waals surface area (Å²) in [6, 6.07) is 6.28. The Morgan fingerprint density at radius 3 is 2.31 bits per heavy atom. The van der Waals surface area contributed by atoms with E-state index in [2.05, 4.69) is 5.48 Å². The minimum atomic E-state index is -1.48. The summed E-state index contributed by atoms with van der Waals surface area (Å²) in [4.78, 5) is 16.2. The Labute approximate surface area is 109 Å². The Balaban J connectivity index is 2.75. The molecule has 0 aliphatic rings. The fraction of sp³-hybridized carbons (Fsp3) is 0.300. The molecule has 0 unspecified atom stereocenters. The average Bonchev–Trinajstić information content (AvgIpc) is 2.25. The van der Waals surface area contributed by atoms with E-state index >= 15 is 0 Å². The van der Waals surface area contributed by atoms with Gasteiger partial charge in [-0.1, -0.05) is 46.9 Å². The highest BCUT2D eigenvalue weighted by atomic mass is 35.6. The molecule has 1 amide bonds. The molecule has 0 radical (unpaired) electrons. The Kier molecular flexibility index (Phi) is 4.87. The fourth-order valence-electron chi connectivity index (χ4n) is 1.01. The number of benzene rings is 1. The number of hydroxylamine groups is 1. The molecule has 0 bridgehead atoms. The molecule has 0 aromatic heterocycles. The van der Waals surface area contributed by atoms with Crippen LogP contribution in [-0.4, -0.2) is 12.5 Å². The first-order valence-electron chi connectivity index (χ1n) is 4.54. The molecular formula is C10H10Cl3NO2. The summed E-state index contributed by atoms with van der Waals surface area (Å²) in [6.45, 7) is 2.17. The average molecular weight is 283 g/mol. The zero-order valence-corrected chi connectivity index (χ0v) is 10.7. The van der Waals surface area contributed by atoms with Gasteiger partial charge >= 0.3 is 0 Å². The topological polar surface area (TPSA) is 38.3 Å². The maximum absolute atomic E-state index is 11.4. The monoisotopic (exact) mass is 281 g/mol. The minimum Gasteiger partial charge on any atom is -0.274 e. The highest BCUT2D eigenvalue weighted by molar-refractivity contribution is 6.66. The molecule has 0 fully saturated rings. The van der Waals surface area contributed by atoms with Gasteiger partial charge in [0.25, 0.3) is 5.91 Å². The SMILES string of the molecule is CCONC(=O)c1ccc(C(Cl)(Cl)Cl)cc1. The normalized spacial score (nSPS) is 11.2. The van der Waals surface area contributed by atoms with Crippen molar-refractivity contribution in [2.24, 2.45) is 0 Å². The quantitative estimate of drug-likeness (QED) is 0.683.